The summed E-state index contributed by atoms with van der Waals surface area (Å²) in [5.74, 6) is 0. The van der Waals surface area contributed by atoms with Crippen LogP contribution >= 0.6 is 0 Å². The normalized spacial score (nSPS) is 10.6. The van der Waals surface area contributed by atoms with Crippen LogP contribution in [0.2, 0.25) is 0 Å². The maximum absolute atomic E-state index is 4.15. The van der Waals surface area contributed by atoms with Crippen LogP contribution in [0.4, 0.5) is 0 Å². The maximum Gasteiger partial charge on any atom is 0.0667 e. The minimum atomic E-state index is 1.06. The highest BCUT2D eigenvalue weighted by atomic mass is 15.2. The molecule has 0 aromatic carbocycles. The van der Waals surface area contributed by atoms with Gasteiger partial charge in [-0.15, -0.1) is 0 Å². The molecule has 2 rings (SSSR count). The van der Waals surface area contributed by atoms with Gasteiger partial charge in [-0.05, 0) is 35.8 Å². The van der Waals surface area contributed by atoms with Crippen molar-refractivity contribution >= 4 is 11.1 Å². The Morgan fingerprint density at radius 1 is 1.50 bits per heavy atom. The van der Waals surface area contributed by atoms with Crippen LogP contribution < -0.4 is 0 Å². The predicted molar refractivity (Wildman–Crippen MR) is 59.1 cm³/mol. The number of rotatable bonds is 3. The van der Waals surface area contributed by atoms with Gasteiger partial charge in [-0.25, -0.2) is 4.52 Å². The number of aromatic nitrogens is 2. The number of pyridine rings is 1. The summed E-state index contributed by atoms with van der Waals surface area (Å²) in [5.41, 5.74) is 3.55. The van der Waals surface area contributed by atoms with Crippen LogP contribution in [0.15, 0.2) is 37.2 Å². The number of hydrogen-bond acceptors (Lipinski definition) is 1. The van der Waals surface area contributed by atoms with E-state index in [0.29, 0.717) is 0 Å². The molecule has 2 heteroatoms. The number of hydrogen-bond donors (Lipinski definition) is 0. The van der Waals surface area contributed by atoms with Crippen molar-refractivity contribution in [2.45, 2.75) is 19.8 Å². The predicted octanol–water partition coefficient (Wildman–Crippen LogP) is 3.15. The van der Waals surface area contributed by atoms with Gasteiger partial charge in [-0.3, -0.25) is 0 Å². The van der Waals surface area contributed by atoms with E-state index in [9.17, 15) is 0 Å². The van der Waals surface area contributed by atoms with Gasteiger partial charge in [0.05, 0.1) is 5.52 Å². The van der Waals surface area contributed by atoms with Crippen molar-refractivity contribution in [1.29, 1.82) is 0 Å². The van der Waals surface area contributed by atoms with Crippen molar-refractivity contribution in [2.24, 2.45) is 0 Å². The number of allylic oxidation sites excluding steroid dienone is 1. The minimum Gasteiger partial charge on any atom is -0.241 e. The Hall–Kier alpha value is -1.57. The Bertz CT molecular complexity index is 454. The second-order valence-corrected chi connectivity index (χ2v) is 3.47. The Morgan fingerprint density at radius 3 is 3.14 bits per heavy atom. The van der Waals surface area contributed by atoms with E-state index in [1.165, 1.54) is 11.1 Å². The molecule has 0 unspecified atom stereocenters. The van der Waals surface area contributed by atoms with Gasteiger partial charge in [-0.2, -0.15) is 5.10 Å². The molecule has 0 radical (unpaired) electrons. The summed E-state index contributed by atoms with van der Waals surface area (Å²) in [7, 11) is 0. The summed E-state index contributed by atoms with van der Waals surface area (Å²) in [6, 6.07) is 6.20. The third-order valence-electron chi connectivity index (χ3n) is 2.36. The quantitative estimate of drug-likeness (QED) is 0.719. The van der Waals surface area contributed by atoms with Crippen LogP contribution in [0.3, 0.4) is 0 Å². The molecule has 0 fully saturated rings. The largest absolute Gasteiger partial charge is 0.241 e. The fourth-order valence-corrected chi connectivity index (χ4v) is 1.59. The van der Waals surface area contributed by atoms with Crippen molar-refractivity contribution in [2.75, 3.05) is 0 Å². The Kier molecular flexibility index (Phi) is 2.35. The molecule has 0 aliphatic rings. The molecule has 0 aliphatic heterocycles. The average molecular weight is 186 g/mol. The summed E-state index contributed by atoms with van der Waals surface area (Å²) in [5, 5.41) is 4.15. The zero-order valence-corrected chi connectivity index (χ0v) is 8.40. The fourth-order valence-electron chi connectivity index (χ4n) is 1.59. The molecular weight excluding hydrogens is 172 g/mol. The van der Waals surface area contributed by atoms with E-state index in [2.05, 4.69) is 30.7 Å². The van der Waals surface area contributed by atoms with Gasteiger partial charge in [0.2, 0.25) is 0 Å². The number of nitrogens with zero attached hydrogens (tertiary/aromatic N) is 2. The van der Waals surface area contributed by atoms with E-state index in [4.69, 9.17) is 0 Å². The van der Waals surface area contributed by atoms with Gasteiger partial charge in [-0.1, -0.05) is 19.9 Å². The van der Waals surface area contributed by atoms with Crippen molar-refractivity contribution in [3.63, 3.8) is 0 Å². The summed E-state index contributed by atoms with van der Waals surface area (Å²) < 4.78 is 1.86. The Balaban J connectivity index is 2.38. The summed E-state index contributed by atoms with van der Waals surface area (Å²) in [6.45, 7) is 6.25. The van der Waals surface area contributed by atoms with Crippen LogP contribution in [0.1, 0.15) is 25.3 Å². The molecule has 2 nitrogen and oxygen atoms in total. The lowest BCUT2D eigenvalue weighted by Crippen LogP contribution is -1.88. The molecule has 0 amide bonds. The Morgan fingerprint density at radius 2 is 2.36 bits per heavy atom. The molecule has 14 heavy (non-hydrogen) atoms. The van der Waals surface area contributed by atoms with E-state index in [1.807, 2.05) is 23.0 Å². The fraction of sp³-hybridized carbons (Fsp3) is 0.250. The van der Waals surface area contributed by atoms with Crippen molar-refractivity contribution in [3.8, 4) is 0 Å². The van der Waals surface area contributed by atoms with Gasteiger partial charge in [0.15, 0.2) is 0 Å². The highest BCUT2D eigenvalue weighted by Gasteiger charge is 1.99. The zero-order chi connectivity index (χ0) is 9.97. The molecule has 0 bridgehead atoms. The molecule has 0 saturated heterocycles. The smallest absolute Gasteiger partial charge is 0.0667 e. The molecule has 0 saturated carbocycles. The molecule has 2 aromatic heterocycles. The highest BCUT2D eigenvalue weighted by molar-refractivity contribution is 5.67. The Labute approximate surface area is 83.9 Å². The van der Waals surface area contributed by atoms with Gasteiger partial charge in [0.25, 0.3) is 0 Å². The van der Waals surface area contributed by atoms with E-state index in [0.717, 1.165) is 18.4 Å². The van der Waals surface area contributed by atoms with Crippen molar-refractivity contribution in [3.05, 3.63) is 42.7 Å². The van der Waals surface area contributed by atoms with E-state index < -0.39 is 0 Å². The summed E-state index contributed by atoms with van der Waals surface area (Å²) >= 11 is 0. The highest BCUT2D eigenvalue weighted by Crippen LogP contribution is 2.18. The molecule has 2 aromatic rings. The van der Waals surface area contributed by atoms with Gasteiger partial charge < -0.3 is 0 Å². The number of fused-ring (bicyclic) bond motifs is 1. The van der Waals surface area contributed by atoms with Crippen LogP contribution in [0, 0.1) is 0 Å². The molecule has 0 spiro atoms. The lowest BCUT2D eigenvalue weighted by atomic mass is 10.0. The minimum absolute atomic E-state index is 1.06. The van der Waals surface area contributed by atoms with Crippen molar-refractivity contribution < 1.29 is 0 Å². The molecule has 2 heterocycles. The lowest BCUT2D eigenvalue weighted by molar-refractivity contribution is 0.952. The second kappa shape index (κ2) is 3.66. The standard InChI is InChI=1S/C12H14N2/c1-3-4-10(2)11-6-8-14-12(9-11)5-7-13-14/h5-9H,2-4H2,1H3. The first kappa shape index (κ1) is 9.00. The van der Waals surface area contributed by atoms with Crippen LogP contribution in [0.5, 0.6) is 0 Å². The van der Waals surface area contributed by atoms with Crippen LogP contribution in [-0.2, 0) is 0 Å². The maximum atomic E-state index is 4.15. The molecule has 72 valence electrons. The van der Waals surface area contributed by atoms with Gasteiger partial charge in [0.1, 0.15) is 0 Å². The van der Waals surface area contributed by atoms with Crippen LogP contribution in [0.25, 0.3) is 11.1 Å². The molecule has 0 atom stereocenters. The van der Waals surface area contributed by atoms with Gasteiger partial charge >= 0.3 is 0 Å². The average Bonchev–Trinajstić information content (AvgIpc) is 2.64. The third-order valence-corrected chi connectivity index (χ3v) is 2.36. The summed E-state index contributed by atoms with van der Waals surface area (Å²) in [6.07, 6.45) is 5.99. The molecule has 0 N–H and O–H groups in total. The van der Waals surface area contributed by atoms with Gasteiger partial charge in [0, 0.05) is 12.4 Å². The summed E-state index contributed by atoms with van der Waals surface area (Å²) in [4.78, 5) is 0. The lowest BCUT2D eigenvalue weighted by Gasteiger charge is -2.04. The second-order valence-electron chi connectivity index (χ2n) is 3.47. The molecule has 0 aliphatic carbocycles. The zero-order valence-electron chi connectivity index (χ0n) is 8.40. The first-order valence-electron chi connectivity index (χ1n) is 4.93. The first-order valence-corrected chi connectivity index (χ1v) is 4.93. The molecular formula is C12H14N2. The van der Waals surface area contributed by atoms with E-state index in [1.54, 1.807) is 0 Å². The van der Waals surface area contributed by atoms with E-state index in [-0.39, 0.29) is 0 Å². The monoisotopic (exact) mass is 186 g/mol. The first-order chi connectivity index (χ1) is 6.81. The third kappa shape index (κ3) is 1.55. The van der Waals surface area contributed by atoms with Crippen LogP contribution in [-0.4, -0.2) is 9.61 Å². The van der Waals surface area contributed by atoms with Crippen molar-refractivity contribution in [1.82, 2.24) is 9.61 Å². The topological polar surface area (TPSA) is 17.3 Å². The SMILES string of the molecule is C=C(CCC)c1ccn2nccc2c1. The van der Waals surface area contributed by atoms with E-state index >= 15 is 0 Å².